The monoisotopic (exact) mass is 420 g/mol. The molecule has 0 aliphatic rings. The van der Waals surface area contributed by atoms with Crippen molar-refractivity contribution in [3.8, 4) is 23.2 Å². The van der Waals surface area contributed by atoms with E-state index in [0.29, 0.717) is 33.4 Å². The average Bonchev–Trinajstić information content (AvgIpc) is 3.15. The van der Waals surface area contributed by atoms with Gasteiger partial charge < -0.3 is 9.15 Å². The predicted molar refractivity (Wildman–Crippen MR) is 110 cm³/mol. The molecule has 0 unspecified atom stereocenters. The summed E-state index contributed by atoms with van der Waals surface area (Å²) in [6, 6.07) is 18.8. The number of furan rings is 1. The predicted octanol–water partition coefficient (Wildman–Crippen LogP) is 6.31. The van der Waals surface area contributed by atoms with Crippen LogP contribution in [0.15, 0.2) is 77.2 Å². The molecule has 0 aliphatic carbocycles. The minimum atomic E-state index is -4.41. The van der Waals surface area contributed by atoms with Gasteiger partial charge in [0.2, 0.25) is 0 Å². The van der Waals surface area contributed by atoms with Gasteiger partial charge in [-0.15, -0.1) is 0 Å². The van der Waals surface area contributed by atoms with Crippen molar-refractivity contribution in [1.82, 2.24) is 0 Å². The summed E-state index contributed by atoms with van der Waals surface area (Å²) in [6.45, 7) is 0. The van der Waals surface area contributed by atoms with Gasteiger partial charge >= 0.3 is 12.1 Å². The molecule has 0 spiro atoms. The molecule has 0 bridgehead atoms. The molecule has 1 heterocycles. The second-order valence-electron chi connectivity index (χ2n) is 6.70. The zero-order valence-electron chi connectivity index (χ0n) is 16.3. The normalized spacial score (nSPS) is 11.1. The van der Waals surface area contributed by atoms with Crippen LogP contribution in [0, 0.1) is 11.8 Å². The van der Waals surface area contributed by atoms with E-state index in [2.05, 4.69) is 11.8 Å². The van der Waals surface area contributed by atoms with Gasteiger partial charge in [-0.2, -0.15) is 13.2 Å². The molecule has 0 N–H and O–H groups in total. The fourth-order valence-electron chi connectivity index (χ4n) is 3.14. The second kappa shape index (κ2) is 8.04. The summed E-state index contributed by atoms with van der Waals surface area (Å²) >= 11 is 0. The van der Waals surface area contributed by atoms with Crippen LogP contribution in [0.2, 0.25) is 0 Å². The van der Waals surface area contributed by atoms with E-state index < -0.39 is 17.7 Å². The van der Waals surface area contributed by atoms with Crippen molar-refractivity contribution in [2.45, 2.75) is 6.18 Å². The van der Waals surface area contributed by atoms with Crippen LogP contribution in [-0.4, -0.2) is 13.1 Å². The van der Waals surface area contributed by atoms with E-state index in [-0.39, 0.29) is 0 Å². The number of hydrogen-bond acceptors (Lipinski definition) is 3. The van der Waals surface area contributed by atoms with Crippen molar-refractivity contribution >= 4 is 16.9 Å². The lowest BCUT2D eigenvalue weighted by Crippen LogP contribution is -2.04. The molecule has 4 rings (SSSR count). The summed E-state index contributed by atoms with van der Waals surface area (Å²) in [6.07, 6.45) is -4.41. The molecule has 154 valence electrons. The smallest absolute Gasteiger partial charge is 0.416 e. The van der Waals surface area contributed by atoms with E-state index >= 15 is 0 Å². The Bertz CT molecular complexity index is 1310. The van der Waals surface area contributed by atoms with Gasteiger partial charge in [0.15, 0.2) is 5.76 Å². The molecule has 0 amide bonds. The number of esters is 1. The van der Waals surface area contributed by atoms with Crippen LogP contribution in [0.5, 0.6) is 0 Å². The number of benzene rings is 3. The lowest BCUT2D eigenvalue weighted by molar-refractivity contribution is -0.137. The molecule has 0 aliphatic heterocycles. The SMILES string of the molecule is COC(=O)c1ccc2oc(-c3ccccc3)c(C#Cc3ccc(C(F)(F)F)cc3)c2c1. The van der Waals surface area contributed by atoms with Crippen molar-refractivity contribution in [2.24, 2.45) is 0 Å². The Morgan fingerprint density at radius 3 is 2.29 bits per heavy atom. The van der Waals surface area contributed by atoms with Crippen LogP contribution in [0.25, 0.3) is 22.3 Å². The number of halogens is 3. The van der Waals surface area contributed by atoms with Crippen molar-refractivity contribution < 1.29 is 27.1 Å². The van der Waals surface area contributed by atoms with E-state index in [9.17, 15) is 18.0 Å². The van der Waals surface area contributed by atoms with Crippen molar-refractivity contribution in [3.05, 3.63) is 95.1 Å². The molecule has 6 heteroatoms. The molecule has 0 saturated heterocycles. The van der Waals surface area contributed by atoms with Gasteiger partial charge in [0.05, 0.1) is 23.8 Å². The molecule has 31 heavy (non-hydrogen) atoms. The molecule has 3 nitrogen and oxygen atoms in total. The summed E-state index contributed by atoms with van der Waals surface area (Å²) in [5.74, 6) is 5.93. The number of hydrogen-bond donors (Lipinski definition) is 0. The number of carbonyl (C=O) groups excluding carboxylic acids is 1. The first kappa shape index (κ1) is 20.3. The minimum absolute atomic E-state index is 0.341. The lowest BCUT2D eigenvalue weighted by Gasteiger charge is -2.05. The Morgan fingerprint density at radius 1 is 0.935 bits per heavy atom. The van der Waals surface area contributed by atoms with Gasteiger partial charge in [0.1, 0.15) is 5.58 Å². The Labute approximate surface area is 176 Å². The fraction of sp³-hybridized carbons (Fsp3) is 0.0800. The summed E-state index contributed by atoms with van der Waals surface area (Å²) < 4.78 is 49.2. The number of fused-ring (bicyclic) bond motifs is 1. The first-order chi connectivity index (χ1) is 14.9. The Kier molecular flexibility index (Phi) is 5.26. The maximum atomic E-state index is 12.8. The molecular formula is C25H15F3O3. The number of methoxy groups -OCH3 is 1. The quantitative estimate of drug-likeness (QED) is 0.282. The molecule has 1 aromatic heterocycles. The zero-order chi connectivity index (χ0) is 22.0. The van der Waals surface area contributed by atoms with Crippen LogP contribution in [0.3, 0.4) is 0 Å². The first-order valence-electron chi connectivity index (χ1n) is 9.26. The lowest BCUT2D eigenvalue weighted by atomic mass is 10.0. The summed E-state index contributed by atoms with van der Waals surface area (Å²) in [5, 5.41) is 0.612. The van der Waals surface area contributed by atoms with Crippen molar-refractivity contribution in [3.63, 3.8) is 0 Å². The number of carbonyl (C=O) groups is 1. The number of alkyl halides is 3. The van der Waals surface area contributed by atoms with Crippen LogP contribution in [-0.2, 0) is 10.9 Å². The highest BCUT2D eigenvalue weighted by Crippen LogP contribution is 2.34. The molecular weight excluding hydrogens is 405 g/mol. The van der Waals surface area contributed by atoms with E-state index in [1.54, 1.807) is 18.2 Å². The summed E-state index contributed by atoms with van der Waals surface area (Å²) in [7, 11) is 1.29. The van der Waals surface area contributed by atoms with Crippen LogP contribution in [0.4, 0.5) is 13.2 Å². The molecule has 4 aromatic rings. The standard InChI is InChI=1S/C25H15F3O3/c1-30-24(29)18-10-14-22-21(15-18)20(23(31-22)17-5-3-2-4-6-17)13-9-16-7-11-19(12-8-16)25(26,27)28/h2-8,10-12,14-15H,1H3. The van der Waals surface area contributed by atoms with Crippen LogP contribution in [0.1, 0.15) is 27.0 Å². The van der Waals surface area contributed by atoms with Gasteiger partial charge in [-0.3, -0.25) is 0 Å². The molecule has 0 radical (unpaired) electrons. The van der Waals surface area contributed by atoms with E-state index in [1.165, 1.54) is 19.2 Å². The van der Waals surface area contributed by atoms with E-state index in [1.807, 2.05) is 30.3 Å². The molecule has 0 atom stereocenters. The highest BCUT2D eigenvalue weighted by atomic mass is 19.4. The topological polar surface area (TPSA) is 39.4 Å². The van der Waals surface area contributed by atoms with E-state index in [0.717, 1.165) is 17.7 Å². The van der Waals surface area contributed by atoms with Crippen molar-refractivity contribution in [1.29, 1.82) is 0 Å². The van der Waals surface area contributed by atoms with Gasteiger partial charge in [-0.05, 0) is 42.5 Å². The van der Waals surface area contributed by atoms with Crippen LogP contribution >= 0.6 is 0 Å². The number of ether oxygens (including phenoxy) is 1. The summed E-state index contributed by atoms with van der Waals surface area (Å²) in [4.78, 5) is 12.0. The minimum Gasteiger partial charge on any atom is -0.465 e. The zero-order valence-corrected chi connectivity index (χ0v) is 16.3. The maximum absolute atomic E-state index is 12.8. The summed E-state index contributed by atoms with van der Waals surface area (Å²) in [5.41, 5.74) is 1.88. The fourth-order valence-corrected chi connectivity index (χ4v) is 3.14. The van der Waals surface area contributed by atoms with Gasteiger partial charge in [-0.25, -0.2) is 4.79 Å². The molecule has 0 saturated carbocycles. The van der Waals surface area contributed by atoms with Gasteiger partial charge in [0, 0.05) is 16.5 Å². The third kappa shape index (κ3) is 4.17. The Morgan fingerprint density at radius 2 is 1.65 bits per heavy atom. The highest BCUT2D eigenvalue weighted by Gasteiger charge is 2.29. The van der Waals surface area contributed by atoms with Crippen LogP contribution < -0.4 is 0 Å². The maximum Gasteiger partial charge on any atom is 0.416 e. The highest BCUT2D eigenvalue weighted by molar-refractivity contribution is 5.98. The van der Waals surface area contributed by atoms with E-state index in [4.69, 9.17) is 9.15 Å². The first-order valence-corrected chi connectivity index (χ1v) is 9.26. The van der Waals surface area contributed by atoms with Crippen molar-refractivity contribution in [2.75, 3.05) is 7.11 Å². The number of rotatable bonds is 2. The average molecular weight is 420 g/mol. The Hall–Kier alpha value is -3.98. The third-order valence-electron chi connectivity index (χ3n) is 4.69. The van der Waals surface area contributed by atoms with Gasteiger partial charge in [0.25, 0.3) is 0 Å². The Balaban J connectivity index is 1.85. The van der Waals surface area contributed by atoms with Gasteiger partial charge in [-0.1, -0.05) is 42.2 Å². The molecule has 0 fully saturated rings. The second-order valence-corrected chi connectivity index (χ2v) is 6.70. The molecule has 3 aromatic carbocycles. The third-order valence-corrected chi connectivity index (χ3v) is 4.69. The largest absolute Gasteiger partial charge is 0.465 e.